The number of carbonyl (C=O) groups excluding carboxylic acids is 3. The summed E-state index contributed by atoms with van der Waals surface area (Å²) in [4.78, 5) is 36.9. The van der Waals surface area contributed by atoms with Gasteiger partial charge in [0.05, 0.1) is 23.0 Å². The molecule has 0 bridgehead atoms. The second kappa shape index (κ2) is 8.80. The number of cyclic esters (lactones) is 1. The molecular formula is C20H14Cl5N3O4. The minimum Gasteiger partial charge on any atom is -0.446 e. The van der Waals surface area contributed by atoms with Crippen LogP contribution in [-0.4, -0.2) is 40.4 Å². The Morgan fingerprint density at radius 1 is 1.06 bits per heavy atom. The van der Waals surface area contributed by atoms with Crippen LogP contribution in [0.5, 0.6) is 0 Å². The van der Waals surface area contributed by atoms with Gasteiger partial charge in [0.1, 0.15) is 10.9 Å². The summed E-state index contributed by atoms with van der Waals surface area (Å²) in [6, 6.07) is 9.23. The molecule has 2 aromatic carbocycles. The van der Waals surface area contributed by atoms with Crippen molar-refractivity contribution in [2.24, 2.45) is 5.92 Å². The second-order valence-corrected chi connectivity index (χ2v) is 9.95. The van der Waals surface area contributed by atoms with Crippen LogP contribution in [0.25, 0.3) is 0 Å². The van der Waals surface area contributed by atoms with E-state index in [2.05, 4.69) is 10.7 Å². The van der Waals surface area contributed by atoms with E-state index in [1.807, 2.05) is 0 Å². The van der Waals surface area contributed by atoms with Crippen molar-refractivity contribution in [3.63, 3.8) is 0 Å². The van der Waals surface area contributed by atoms with Crippen molar-refractivity contribution in [3.8, 4) is 0 Å². The highest BCUT2D eigenvalue weighted by Gasteiger charge is 2.67. The van der Waals surface area contributed by atoms with Gasteiger partial charge in [0.25, 0.3) is 5.91 Å². The van der Waals surface area contributed by atoms with Crippen molar-refractivity contribution in [3.05, 3.63) is 62.6 Å². The molecule has 2 aromatic rings. The van der Waals surface area contributed by atoms with E-state index in [0.29, 0.717) is 21.3 Å². The van der Waals surface area contributed by atoms with Gasteiger partial charge in [-0.1, -0.05) is 34.8 Å². The fourth-order valence-electron chi connectivity index (χ4n) is 3.50. The lowest BCUT2D eigenvalue weighted by Crippen LogP contribution is -2.42. The van der Waals surface area contributed by atoms with E-state index >= 15 is 0 Å². The number of nitrogens with zero attached hydrogens (tertiary/aromatic N) is 1. The Kier molecular flexibility index (Phi) is 6.40. The molecule has 0 unspecified atom stereocenters. The summed E-state index contributed by atoms with van der Waals surface area (Å²) in [5.41, 5.74) is 3.40. The first kappa shape index (κ1) is 23.3. The third-order valence-corrected chi connectivity index (χ3v) is 6.76. The number of amides is 3. The number of rotatable bonds is 5. The lowest BCUT2D eigenvalue weighted by molar-refractivity contribution is -0.117. The van der Waals surface area contributed by atoms with Crippen molar-refractivity contribution >= 4 is 81.6 Å². The largest absolute Gasteiger partial charge is 0.446 e. The first-order chi connectivity index (χ1) is 15.1. The molecule has 32 heavy (non-hydrogen) atoms. The zero-order valence-corrected chi connectivity index (χ0v) is 19.8. The molecule has 0 spiro atoms. The van der Waals surface area contributed by atoms with E-state index in [-0.39, 0.29) is 23.7 Å². The number of benzene rings is 2. The number of hydrogen-bond donors (Lipinski definition) is 2. The van der Waals surface area contributed by atoms with Crippen LogP contribution >= 0.6 is 58.0 Å². The van der Waals surface area contributed by atoms with Crippen molar-refractivity contribution < 1.29 is 19.1 Å². The monoisotopic (exact) mass is 535 g/mol. The fraction of sp³-hybridized carbons (Fsp3) is 0.250. The van der Waals surface area contributed by atoms with Crippen molar-refractivity contribution in [2.75, 3.05) is 18.5 Å². The Labute approximate surface area is 207 Å². The molecule has 1 saturated carbocycles. The Morgan fingerprint density at radius 2 is 1.75 bits per heavy atom. The van der Waals surface area contributed by atoms with Crippen LogP contribution in [0.3, 0.4) is 0 Å². The van der Waals surface area contributed by atoms with Gasteiger partial charge in [-0.2, -0.15) is 0 Å². The van der Waals surface area contributed by atoms with E-state index in [9.17, 15) is 14.4 Å². The lowest BCUT2D eigenvalue weighted by atomic mass is 10.1. The number of hydrogen-bond acceptors (Lipinski definition) is 4. The molecule has 1 heterocycles. The van der Waals surface area contributed by atoms with Crippen LogP contribution in [0.1, 0.15) is 21.8 Å². The molecule has 1 aliphatic carbocycles. The molecule has 2 N–H and O–H groups in total. The zero-order chi connectivity index (χ0) is 23.2. The summed E-state index contributed by atoms with van der Waals surface area (Å²) in [6.45, 7) is 0.380. The summed E-state index contributed by atoms with van der Waals surface area (Å²) in [5, 5.41) is 4.66. The SMILES string of the molecule is O=C(NN1CCOC1=O)c1cc(NC(=O)[C@H]2[C@H](c3cc(Cl)cc(Cl)c3)C2(Cl)Cl)ccc1Cl. The van der Waals surface area contributed by atoms with Gasteiger partial charge in [0.2, 0.25) is 5.91 Å². The van der Waals surface area contributed by atoms with Crippen LogP contribution < -0.4 is 10.7 Å². The Hall–Kier alpha value is -1.90. The third-order valence-electron chi connectivity index (χ3n) is 5.06. The molecule has 2 atom stereocenters. The van der Waals surface area contributed by atoms with Crippen LogP contribution in [0.15, 0.2) is 36.4 Å². The molecule has 168 valence electrons. The van der Waals surface area contributed by atoms with E-state index < -0.39 is 34.1 Å². The highest BCUT2D eigenvalue weighted by Crippen LogP contribution is 2.65. The number of nitrogens with one attached hydrogen (secondary N) is 2. The summed E-state index contributed by atoms with van der Waals surface area (Å²) in [7, 11) is 0. The molecule has 7 nitrogen and oxygen atoms in total. The summed E-state index contributed by atoms with van der Waals surface area (Å²) < 4.78 is 3.42. The molecule has 0 radical (unpaired) electrons. The zero-order valence-electron chi connectivity index (χ0n) is 16.0. The number of hydrazine groups is 1. The van der Waals surface area contributed by atoms with Crippen LogP contribution in [0, 0.1) is 5.92 Å². The quantitative estimate of drug-likeness (QED) is 0.509. The van der Waals surface area contributed by atoms with Crippen molar-refractivity contribution in [1.82, 2.24) is 10.4 Å². The van der Waals surface area contributed by atoms with Gasteiger partial charge in [-0.25, -0.2) is 9.80 Å². The minimum atomic E-state index is -1.35. The molecular weight excluding hydrogens is 524 g/mol. The number of ether oxygens (including phenoxy) is 1. The first-order valence-electron chi connectivity index (χ1n) is 9.27. The molecule has 2 aliphatic rings. The molecule has 2 fully saturated rings. The van der Waals surface area contributed by atoms with Gasteiger partial charge < -0.3 is 10.1 Å². The van der Waals surface area contributed by atoms with Crippen LogP contribution in [-0.2, 0) is 9.53 Å². The maximum absolute atomic E-state index is 12.9. The van der Waals surface area contributed by atoms with Gasteiger partial charge in [-0.15, -0.1) is 23.2 Å². The van der Waals surface area contributed by atoms with Gasteiger partial charge in [0, 0.05) is 21.7 Å². The molecule has 3 amide bonds. The van der Waals surface area contributed by atoms with Gasteiger partial charge >= 0.3 is 6.09 Å². The summed E-state index contributed by atoms with van der Waals surface area (Å²) in [6.07, 6.45) is -0.666. The average Bonchev–Trinajstić information content (AvgIpc) is 3.07. The number of halogens is 5. The van der Waals surface area contributed by atoms with E-state index in [4.69, 9.17) is 62.7 Å². The molecule has 12 heteroatoms. The van der Waals surface area contributed by atoms with E-state index in [1.165, 1.54) is 18.2 Å². The fourth-order valence-corrected chi connectivity index (χ4v) is 5.07. The van der Waals surface area contributed by atoms with Crippen LogP contribution in [0.2, 0.25) is 15.1 Å². The second-order valence-electron chi connectivity index (χ2n) is 7.22. The Balaban J connectivity index is 1.49. The minimum absolute atomic E-state index is 0.0566. The van der Waals surface area contributed by atoms with Crippen molar-refractivity contribution in [1.29, 1.82) is 0 Å². The average molecular weight is 538 g/mol. The van der Waals surface area contributed by atoms with E-state index in [0.717, 1.165) is 5.01 Å². The number of carbonyl (C=O) groups is 3. The van der Waals surface area contributed by atoms with Gasteiger partial charge in [-0.3, -0.25) is 15.0 Å². The van der Waals surface area contributed by atoms with Gasteiger partial charge in [0.15, 0.2) is 0 Å². The van der Waals surface area contributed by atoms with Crippen molar-refractivity contribution in [2.45, 2.75) is 10.3 Å². The highest BCUT2D eigenvalue weighted by molar-refractivity contribution is 6.53. The summed E-state index contributed by atoms with van der Waals surface area (Å²) >= 11 is 31.0. The Morgan fingerprint density at radius 3 is 2.38 bits per heavy atom. The molecule has 1 saturated heterocycles. The Bertz CT molecular complexity index is 1110. The van der Waals surface area contributed by atoms with E-state index in [1.54, 1.807) is 18.2 Å². The maximum Gasteiger partial charge on any atom is 0.428 e. The normalized spacial score (nSPS) is 21.2. The predicted octanol–water partition coefficient (Wildman–Crippen LogP) is 5.27. The number of anilines is 1. The molecule has 0 aromatic heterocycles. The molecule has 4 rings (SSSR count). The smallest absolute Gasteiger partial charge is 0.428 e. The van der Waals surface area contributed by atoms with Crippen LogP contribution in [0.4, 0.5) is 10.5 Å². The standard InChI is InChI=1S/C20H14Cl5N3O4/c21-10-5-9(6-11(22)7-10)15-16(20(15,24)25)18(30)26-12-1-2-14(23)13(8-12)17(29)27-28-3-4-32-19(28)31/h1-2,5-8,15-16H,3-4H2,(H,26,30)(H,27,29)/t15-,16+/m0/s1. The summed E-state index contributed by atoms with van der Waals surface area (Å²) in [5.74, 6) is -2.37. The third kappa shape index (κ3) is 4.58. The maximum atomic E-state index is 12.9. The molecule has 1 aliphatic heterocycles. The van der Waals surface area contributed by atoms with Gasteiger partial charge in [-0.05, 0) is 42.0 Å². The number of alkyl halides is 2. The topological polar surface area (TPSA) is 87.7 Å². The lowest BCUT2D eigenvalue weighted by Gasteiger charge is -2.15. The highest BCUT2D eigenvalue weighted by atomic mass is 35.5. The first-order valence-corrected chi connectivity index (χ1v) is 11.2. The predicted molar refractivity (Wildman–Crippen MR) is 123 cm³/mol.